The fourth-order valence-electron chi connectivity index (χ4n) is 1.55. The van der Waals surface area contributed by atoms with Crippen LogP contribution < -0.4 is 4.74 Å². The molecule has 0 amide bonds. The van der Waals surface area contributed by atoms with E-state index in [1.165, 1.54) is 0 Å². The van der Waals surface area contributed by atoms with Crippen LogP contribution in [0.1, 0.15) is 0 Å². The Labute approximate surface area is 118 Å². The molecule has 5 nitrogen and oxygen atoms in total. The predicted octanol–water partition coefficient (Wildman–Crippen LogP) is 3.22. The number of ether oxygens (including phenoxy) is 1. The van der Waals surface area contributed by atoms with Gasteiger partial charge in [-0.2, -0.15) is 0 Å². The van der Waals surface area contributed by atoms with Crippen LogP contribution in [0.4, 0.5) is 0 Å². The maximum Gasteiger partial charge on any atom is 0.238 e. The largest absolute Gasteiger partial charge is 0.437 e. The molecule has 0 saturated heterocycles. The van der Waals surface area contributed by atoms with E-state index in [0.29, 0.717) is 17.4 Å². The molecule has 0 aliphatic carbocycles. The smallest absolute Gasteiger partial charge is 0.238 e. The summed E-state index contributed by atoms with van der Waals surface area (Å²) in [7, 11) is 0. The predicted molar refractivity (Wildman–Crippen MR) is 73.4 cm³/mol. The van der Waals surface area contributed by atoms with Crippen molar-refractivity contribution in [2.45, 2.75) is 0 Å². The highest BCUT2D eigenvalue weighted by Crippen LogP contribution is 2.22. The summed E-state index contributed by atoms with van der Waals surface area (Å²) in [6.45, 7) is 0. The number of nitrogens with zero attached hydrogens (tertiary/aromatic N) is 4. The molecular formula is C13H9BrN4O. The average Bonchev–Trinajstić information content (AvgIpc) is 2.94. The van der Waals surface area contributed by atoms with Gasteiger partial charge >= 0.3 is 0 Å². The quantitative estimate of drug-likeness (QED) is 0.744. The van der Waals surface area contributed by atoms with Gasteiger partial charge in [0.2, 0.25) is 5.88 Å². The molecule has 6 heteroatoms. The highest BCUT2D eigenvalue weighted by Gasteiger charge is 2.02. The number of hydrogen-bond donors (Lipinski definition) is 0. The van der Waals surface area contributed by atoms with Gasteiger partial charge in [-0.1, -0.05) is 22.0 Å². The molecule has 2 aromatic heterocycles. The van der Waals surface area contributed by atoms with E-state index in [1.54, 1.807) is 29.4 Å². The van der Waals surface area contributed by atoms with Gasteiger partial charge in [-0.25, -0.2) is 4.98 Å². The Morgan fingerprint density at radius 3 is 2.74 bits per heavy atom. The molecule has 0 aliphatic heterocycles. The number of aromatic nitrogens is 4. The number of benzene rings is 1. The van der Waals surface area contributed by atoms with Gasteiger partial charge in [-0.15, -0.1) is 10.2 Å². The highest BCUT2D eigenvalue weighted by atomic mass is 79.9. The number of rotatable bonds is 3. The summed E-state index contributed by atoms with van der Waals surface area (Å²) in [5, 5.41) is 8.10. The second-order valence-electron chi connectivity index (χ2n) is 3.76. The van der Waals surface area contributed by atoms with E-state index in [9.17, 15) is 0 Å². The third kappa shape index (κ3) is 2.79. The number of hydrogen-bond acceptors (Lipinski definition) is 4. The molecule has 0 unspecified atom stereocenters. The maximum absolute atomic E-state index is 5.60. The molecule has 0 spiro atoms. The maximum atomic E-state index is 5.60. The third-order valence-electron chi connectivity index (χ3n) is 2.41. The van der Waals surface area contributed by atoms with Crippen molar-refractivity contribution >= 4 is 15.9 Å². The Hall–Kier alpha value is -2.21. The van der Waals surface area contributed by atoms with Crippen molar-refractivity contribution in [3.8, 4) is 17.4 Å². The van der Waals surface area contributed by atoms with E-state index in [4.69, 9.17) is 4.74 Å². The van der Waals surface area contributed by atoms with E-state index in [1.807, 2.05) is 30.3 Å². The Balaban J connectivity index is 1.80. The summed E-state index contributed by atoms with van der Waals surface area (Å²) >= 11 is 3.39. The van der Waals surface area contributed by atoms with Gasteiger partial charge in [0.05, 0.1) is 0 Å². The normalized spacial score (nSPS) is 10.4. The van der Waals surface area contributed by atoms with Crippen LogP contribution in [0.5, 0.6) is 11.6 Å². The molecule has 3 aromatic rings. The number of imidazole rings is 1. The van der Waals surface area contributed by atoms with Gasteiger partial charge in [0.15, 0.2) is 5.82 Å². The molecule has 0 saturated carbocycles. The first-order chi connectivity index (χ1) is 9.31. The molecule has 0 fully saturated rings. The molecule has 0 atom stereocenters. The van der Waals surface area contributed by atoms with Crippen molar-refractivity contribution in [1.29, 1.82) is 0 Å². The lowest BCUT2D eigenvalue weighted by molar-refractivity contribution is 0.454. The van der Waals surface area contributed by atoms with Crippen molar-refractivity contribution in [3.05, 3.63) is 59.6 Å². The van der Waals surface area contributed by atoms with Gasteiger partial charge in [0, 0.05) is 22.9 Å². The molecule has 1 aromatic carbocycles. The van der Waals surface area contributed by atoms with Crippen LogP contribution in [0, 0.1) is 0 Å². The van der Waals surface area contributed by atoms with Gasteiger partial charge in [-0.05, 0) is 24.3 Å². The van der Waals surface area contributed by atoms with E-state index in [-0.39, 0.29) is 0 Å². The molecule has 3 rings (SSSR count). The average molecular weight is 317 g/mol. The van der Waals surface area contributed by atoms with Gasteiger partial charge in [0.25, 0.3) is 0 Å². The summed E-state index contributed by atoms with van der Waals surface area (Å²) in [6.07, 6.45) is 5.16. The molecule has 19 heavy (non-hydrogen) atoms. The third-order valence-corrected chi connectivity index (χ3v) is 2.91. The van der Waals surface area contributed by atoms with E-state index in [0.717, 1.165) is 4.47 Å². The summed E-state index contributed by atoms with van der Waals surface area (Å²) in [5.74, 6) is 1.85. The Kier molecular flexibility index (Phi) is 3.24. The van der Waals surface area contributed by atoms with Crippen molar-refractivity contribution in [2.24, 2.45) is 0 Å². The molecular weight excluding hydrogens is 308 g/mol. The topological polar surface area (TPSA) is 52.8 Å². The minimum absolute atomic E-state index is 0.446. The van der Waals surface area contributed by atoms with Gasteiger partial charge in [0.1, 0.15) is 12.1 Å². The fourth-order valence-corrected chi connectivity index (χ4v) is 1.93. The zero-order chi connectivity index (χ0) is 13.1. The van der Waals surface area contributed by atoms with Crippen molar-refractivity contribution in [2.75, 3.05) is 0 Å². The Morgan fingerprint density at radius 2 is 2.05 bits per heavy atom. The van der Waals surface area contributed by atoms with Crippen molar-refractivity contribution in [3.63, 3.8) is 0 Å². The number of halogens is 1. The lowest BCUT2D eigenvalue weighted by Crippen LogP contribution is -1.97. The monoisotopic (exact) mass is 316 g/mol. The van der Waals surface area contributed by atoms with Crippen LogP contribution in [0.15, 0.2) is 59.6 Å². The van der Waals surface area contributed by atoms with E-state index < -0.39 is 0 Å². The van der Waals surface area contributed by atoms with Gasteiger partial charge < -0.3 is 4.74 Å². The van der Waals surface area contributed by atoms with Crippen LogP contribution in [-0.4, -0.2) is 19.7 Å². The minimum Gasteiger partial charge on any atom is -0.437 e. The zero-order valence-corrected chi connectivity index (χ0v) is 11.4. The van der Waals surface area contributed by atoms with Crippen LogP contribution in [0.2, 0.25) is 0 Å². The summed E-state index contributed by atoms with van der Waals surface area (Å²) in [6, 6.07) is 11.1. The lowest BCUT2D eigenvalue weighted by atomic mass is 10.3. The molecule has 0 bridgehead atoms. The fraction of sp³-hybridized carbons (Fsp3) is 0. The molecule has 94 valence electrons. The van der Waals surface area contributed by atoms with E-state index in [2.05, 4.69) is 31.1 Å². The minimum atomic E-state index is 0.446. The second kappa shape index (κ2) is 5.19. The first-order valence-corrected chi connectivity index (χ1v) is 6.36. The van der Waals surface area contributed by atoms with Crippen LogP contribution >= 0.6 is 15.9 Å². The van der Waals surface area contributed by atoms with Crippen molar-refractivity contribution in [1.82, 2.24) is 19.7 Å². The first-order valence-electron chi connectivity index (χ1n) is 5.57. The highest BCUT2D eigenvalue weighted by molar-refractivity contribution is 9.10. The van der Waals surface area contributed by atoms with Crippen LogP contribution in [0.3, 0.4) is 0 Å². The molecule has 0 radical (unpaired) electrons. The summed E-state index contributed by atoms with van der Waals surface area (Å²) < 4.78 is 8.33. The second-order valence-corrected chi connectivity index (χ2v) is 4.67. The zero-order valence-electron chi connectivity index (χ0n) is 9.77. The standard InChI is InChI=1S/C13H9BrN4O/c14-10-2-1-3-11(8-10)19-13-5-4-12(16-17-13)18-7-6-15-9-18/h1-9H. The molecule has 2 heterocycles. The van der Waals surface area contributed by atoms with Crippen molar-refractivity contribution < 1.29 is 4.74 Å². The first kappa shape index (κ1) is 11.9. The lowest BCUT2D eigenvalue weighted by Gasteiger charge is -2.05. The molecule has 0 N–H and O–H groups in total. The Bertz CT molecular complexity index is 667. The van der Waals surface area contributed by atoms with Gasteiger partial charge in [-0.3, -0.25) is 4.57 Å². The van der Waals surface area contributed by atoms with E-state index >= 15 is 0 Å². The van der Waals surface area contributed by atoms with Crippen LogP contribution in [0.25, 0.3) is 5.82 Å². The SMILES string of the molecule is Brc1cccc(Oc2ccc(-n3ccnc3)nn2)c1. The van der Waals surface area contributed by atoms with Crippen LogP contribution in [-0.2, 0) is 0 Å². The molecule has 0 aliphatic rings. The summed E-state index contributed by atoms with van der Waals surface area (Å²) in [5.41, 5.74) is 0. The Morgan fingerprint density at radius 1 is 1.11 bits per heavy atom. The summed E-state index contributed by atoms with van der Waals surface area (Å²) in [4.78, 5) is 3.96.